The van der Waals surface area contributed by atoms with Crippen molar-refractivity contribution in [2.24, 2.45) is 0 Å². The van der Waals surface area contributed by atoms with Crippen LogP contribution in [-0.2, 0) is 0 Å². The van der Waals surface area contributed by atoms with Gasteiger partial charge in [0, 0.05) is 0 Å². The maximum Gasteiger partial charge on any atom is 0.133 e. The molecule has 2 nitrogen and oxygen atoms in total. The predicted octanol–water partition coefficient (Wildman–Crippen LogP) is 4.55. The van der Waals surface area contributed by atoms with Crippen LogP contribution in [0.15, 0.2) is 40.9 Å². The third-order valence-corrected chi connectivity index (χ3v) is 4.04. The first-order valence-electron chi connectivity index (χ1n) is 6.70. The van der Waals surface area contributed by atoms with Crippen LogP contribution in [0.3, 0.4) is 0 Å². The molecule has 20 heavy (non-hydrogen) atoms. The van der Waals surface area contributed by atoms with E-state index in [1.54, 1.807) is 0 Å². The van der Waals surface area contributed by atoms with E-state index in [1.165, 1.54) is 11.1 Å². The fourth-order valence-corrected chi connectivity index (χ4v) is 2.60. The lowest BCUT2D eigenvalue weighted by atomic mass is 9.98. The number of rotatable bonds is 4. The molecule has 2 aromatic carbocycles. The van der Waals surface area contributed by atoms with Crippen LogP contribution in [0, 0.1) is 13.8 Å². The van der Waals surface area contributed by atoms with Crippen molar-refractivity contribution < 1.29 is 9.84 Å². The lowest BCUT2D eigenvalue weighted by molar-refractivity contribution is 0.220. The lowest BCUT2D eigenvalue weighted by Gasteiger charge is -2.15. The molecule has 0 fully saturated rings. The quantitative estimate of drug-likeness (QED) is 0.888. The molecule has 2 aromatic rings. The maximum absolute atomic E-state index is 10.5. The highest BCUT2D eigenvalue weighted by Crippen LogP contribution is 2.31. The fourth-order valence-electron chi connectivity index (χ4n) is 2.09. The average Bonchev–Trinajstić information content (AvgIpc) is 2.43. The van der Waals surface area contributed by atoms with Crippen molar-refractivity contribution in [3.8, 4) is 5.75 Å². The van der Waals surface area contributed by atoms with Crippen molar-refractivity contribution >= 4 is 15.9 Å². The molecule has 0 heterocycles. The largest absolute Gasteiger partial charge is 0.493 e. The highest BCUT2D eigenvalue weighted by atomic mass is 79.9. The summed E-state index contributed by atoms with van der Waals surface area (Å²) in [7, 11) is 0. The Balaban J connectivity index is 2.30. The van der Waals surface area contributed by atoms with E-state index in [0.29, 0.717) is 6.61 Å². The number of hydrogen-bond acceptors (Lipinski definition) is 2. The highest BCUT2D eigenvalue weighted by molar-refractivity contribution is 9.10. The molecule has 0 aromatic heterocycles. The number of aliphatic hydroxyl groups excluding tert-OH is 1. The van der Waals surface area contributed by atoms with E-state index < -0.39 is 6.10 Å². The Bertz CT molecular complexity index is 608. The topological polar surface area (TPSA) is 29.5 Å². The van der Waals surface area contributed by atoms with Gasteiger partial charge >= 0.3 is 0 Å². The molecule has 0 amide bonds. The summed E-state index contributed by atoms with van der Waals surface area (Å²) in [6.07, 6.45) is -0.624. The van der Waals surface area contributed by atoms with Gasteiger partial charge in [0.2, 0.25) is 0 Å². The summed E-state index contributed by atoms with van der Waals surface area (Å²) in [5, 5.41) is 10.5. The van der Waals surface area contributed by atoms with Crippen LogP contribution in [0.5, 0.6) is 5.75 Å². The van der Waals surface area contributed by atoms with E-state index in [4.69, 9.17) is 4.74 Å². The van der Waals surface area contributed by atoms with Crippen LogP contribution >= 0.6 is 15.9 Å². The van der Waals surface area contributed by atoms with Gasteiger partial charge in [-0.15, -0.1) is 0 Å². The molecular weight excluding hydrogens is 316 g/mol. The lowest BCUT2D eigenvalue weighted by Crippen LogP contribution is -2.01. The Labute approximate surface area is 128 Å². The number of aliphatic hydroxyl groups is 1. The third-order valence-electron chi connectivity index (χ3n) is 3.42. The molecule has 0 bridgehead atoms. The van der Waals surface area contributed by atoms with Crippen LogP contribution in [-0.4, -0.2) is 11.7 Å². The SMILES string of the molecule is CCOc1ccc(C(O)c2ccc(C)c(C)c2)cc1Br. The summed E-state index contributed by atoms with van der Waals surface area (Å²) in [5.74, 6) is 0.795. The molecule has 106 valence electrons. The van der Waals surface area contributed by atoms with Gasteiger partial charge in [-0.1, -0.05) is 24.3 Å². The van der Waals surface area contributed by atoms with Crippen molar-refractivity contribution in [2.75, 3.05) is 6.61 Å². The Morgan fingerprint density at radius 1 is 1.05 bits per heavy atom. The summed E-state index contributed by atoms with van der Waals surface area (Å²) in [6.45, 7) is 6.69. The zero-order valence-electron chi connectivity index (χ0n) is 12.0. The van der Waals surface area contributed by atoms with Crippen molar-refractivity contribution in [1.29, 1.82) is 0 Å². The van der Waals surface area contributed by atoms with Crippen LogP contribution in [0.1, 0.15) is 35.3 Å². The Morgan fingerprint density at radius 2 is 1.70 bits per heavy atom. The van der Waals surface area contributed by atoms with E-state index in [-0.39, 0.29) is 0 Å². The Morgan fingerprint density at radius 3 is 2.30 bits per heavy atom. The number of halogens is 1. The second-order valence-electron chi connectivity index (χ2n) is 4.87. The van der Waals surface area contributed by atoms with Gasteiger partial charge in [-0.2, -0.15) is 0 Å². The van der Waals surface area contributed by atoms with Gasteiger partial charge in [0.05, 0.1) is 11.1 Å². The van der Waals surface area contributed by atoms with E-state index in [1.807, 2.05) is 43.3 Å². The second-order valence-corrected chi connectivity index (χ2v) is 5.72. The Kier molecular flexibility index (Phi) is 4.84. The van der Waals surface area contributed by atoms with Gasteiger partial charge in [-0.3, -0.25) is 0 Å². The summed E-state index contributed by atoms with van der Waals surface area (Å²) in [4.78, 5) is 0. The number of ether oxygens (including phenoxy) is 1. The van der Waals surface area contributed by atoms with E-state index in [2.05, 4.69) is 29.8 Å². The second kappa shape index (κ2) is 6.42. The molecule has 0 aliphatic carbocycles. The molecule has 3 heteroatoms. The molecule has 1 N–H and O–H groups in total. The fraction of sp³-hybridized carbons (Fsp3) is 0.294. The first kappa shape index (κ1) is 15.1. The van der Waals surface area contributed by atoms with Crippen molar-refractivity contribution in [2.45, 2.75) is 26.9 Å². The molecule has 0 aliphatic heterocycles. The normalized spacial score (nSPS) is 12.2. The number of aryl methyl sites for hydroxylation is 2. The zero-order valence-corrected chi connectivity index (χ0v) is 13.6. The van der Waals surface area contributed by atoms with E-state index in [0.717, 1.165) is 21.3 Å². The minimum absolute atomic E-state index is 0.623. The van der Waals surface area contributed by atoms with Crippen LogP contribution in [0.4, 0.5) is 0 Å². The van der Waals surface area contributed by atoms with Gasteiger partial charge in [0.25, 0.3) is 0 Å². The summed E-state index contributed by atoms with van der Waals surface area (Å²) < 4.78 is 6.34. The first-order valence-corrected chi connectivity index (χ1v) is 7.49. The number of benzene rings is 2. The van der Waals surface area contributed by atoms with Crippen LogP contribution in [0.25, 0.3) is 0 Å². The molecule has 2 rings (SSSR count). The maximum atomic E-state index is 10.5. The molecule has 1 atom stereocenters. The summed E-state index contributed by atoms with van der Waals surface area (Å²) in [6, 6.07) is 11.7. The molecule has 0 spiro atoms. The molecule has 0 radical (unpaired) electrons. The average molecular weight is 335 g/mol. The standard InChI is InChI=1S/C17H19BrO2/c1-4-20-16-8-7-14(10-15(16)18)17(19)13-6-5-11(2)12(3)9-13/h5-10,17,19H,4H2,1-3H3. The summed E-state index contributed by atoms with van der Waals surface area (Å²) in [5.41, 5.74) is 4.17. The van der Waals surface area contributed by atoms with Gasteiger partial charge in [-0.25, -0.2) is 0 Å². The van der Waals surface area contributed by atoms with Crippen LogP contribution < -0.4 is 4.74 Å². The molecule has 0 saturated heterocycles. The first-order chi connectivity index (χ1) is 9.52. The third kappa shape index (κ3) is 3.22. The Hall–Kier alpha value is -1.32. The van der Waals surface area contributed by atoms with Gasteiger partial charge < -0.3 is 9.84 Å². The van der Waals surface area contributed by atoms with Crippen LogP contribution in [0.2, 0.25) is 0 Å². The predicted molar refractivity (Wildman–Crippen MR) is 85.3 cm³/mol. The smallest absolute Gasteiger partial charge is 0.133 e. The van der Waals surface area contributed by atoms with Gasteiger partial charge in [-0.05, 0) is 71.1 Å². The molecular formula is C17H19BrO2. The number of hydrogen-bond donors (Lipinski definition) is 1. The van der Waals surface area contributed by atoms with Crippen molar-refractivity contribution in [3.05, 3.63) is 63.1 Å². The summed E-state index contributed by atoms with van der Waals surface area (Å²) >= 11 is 3.48. The zero-order chi connectivity index (χ0) is 14.7. The van der Waals surface area contributed by atoms with Gasteiger partial charge in [0.15, 0.2) is 0 Å². The molecule has 0 aliphatic rings. The van der Waals surface area contributed by atoms with Gasteiger partial charge in [0.1, 0.15) is 11.9 Å². The highest BCUT2D eigenvalue weighted by Gasteiger charge is 2.13. The van der Waals surface area contributed by atoms with E-state index in [9.17, 15) is 5.11 Å². The molecule has 1 unspecified atom stereocenters. The van der Waals surface area contributed by atoms with Crippen molar-refractivity contribution in [3.63, 3.8) is 0 Å². The molecule has 0 saturated carbocycles. The monoisotopic (exact) mass is 334 g/mol. The minimum atomic E-state index is -0.624. The minimum Gasteiger partial charge on any atom is -0.493 e. The van der Waals surface area contributed by atoms with E-state index >= 15 is 0 Å². The van der Waals surface area contributed by atoms with Crippen molar-refractivity contribution in [1.82, 2.24) is 0 Å².